The van der Waals surface area contributed by atoms with Crippen LogP contribution in [0.5, 0.6) is 0 Å². The second-order valence-corrected chi connectivity index (χ2v) is 3.39. The van der Waals surface area contributed by atoms with E-state index in [1.165, 1.54) is 0 Å². The second-order valence-electron chi connectivity index (χ2n) is 3.39. The molecule has 0 aliphatic carbocycles. The molecular formula is C12H18N2O2. The van der Waals surface area contributed by atoms with Gasteiger partial charge in [-0.05, 0) is 12.1 Å². The van der Waals surface area contributed by atoms with Crippen molar-refractivity contribution in [3.05, 3.63) is 30.3 Å². The summed E-state index contributed by atoms with van der Waals surface area (Å²) in [6.45, 7) is 1.77. The molecule has 1 rings (SSSR count). The molecule has 0 radical (unpaired) electrons. The van der Waals surface area contributed by atoms with Crippen molar-refractivity contribution in [3.63, 3.8) is 0 Å². The molecule has 0 heterocycles. The van der Waals surface area contributed by atoms with Crippen LogP contribution in [-0.2, 0) is 9.53 Å². The van der Waals surface area contributed by atoms with Crippen LogP contribution in [0.3, 0.4) is 0 Å². The SMILES string of the molecule is COCCNC(=O)CCNc1ccccc1. The van der Waals surface area contributed by atoms with Crippen molar-refractivity contribution < 1.29 is 9.53 Å². The van der Waals surface area contributed by atoms with E-state index in [4.69, 9.17) is 4.74 Å². The topological polar surface area (TPSA) is 50.4 Å². The van der Waals surface area contributed by atoms with Gasteiger partial charge in [0.2, 0.25) is 5.91 Å². The lowest BCUT2D eigenvalue weighted by Gasteiger charge is -2.06. The number of amides is 1. The molecule has 16 heavy (non-hydrogen) atoms. The smallest absolute Gasteiger partial charge is 0.221 e. The van der Waals surface area contributed by atoms with Gasteiger partial charge >= 0.3 is 0 Å². The van der Waals surface area contributed by atoms with E-state index >= 15 is 0 Å². The van der Waals surface area contributed by atoms with Crippen LogP contribution in [0.25, 0.3) is 0 Å². The van der Waals surface area contributed by atoms with E-state index in [-0.39, 0.29) is 5.91 Å². The Hall–Kier alpha value is -1.55. The molecule has 0 atom stereocenters. The molecular weight excluding hydrogens is 204 g/mol. The van der Waals surface area contributed by atoms with Crippen LogP contribution in [-0.4, -0.2) is 32.7 Å². The zero-order valence-electron chi connectivity index (χ0n) is 9.53. The van der Waals surface area contributed by atoms with Gasteiger partial charge in [0.25, 0.3) is 0 Å². The van der Waals surface area contributed by atoms with E-state index < -0.39 is 0 Å². The first-order chi connectivity index (χ1) is 7.83. The number of anilines is 1. The van der Waals surface area contributed by atoms with Crippen molar-refractivity contribution in [2.75, 3.05) is 32.1 Å². The number of carbonyl (C=O) groups is 1. The first-order valence-electron chi connectivity index (χ1n) is 5.37. The molecule has 1 amide bonds. The number of hydrogen-bond acceptors (Lipinski definition) is 3. The standard InChI is InChI=1S/C12H18N2O2/c1-16-10-9-14-12(15)7-8-13-11-5-3-2-4-6-11/h2-6,13H,7-10H2,1H3,(H,14,15). The number of para-hydroxylation sites is 1. The minimum absolute atomic E-state index is 0.0421. The first kappa shape index (κ1) is 12.5. The number of carbonyl (C=O) groups excluding carboxylic acids is 1. The summed E-state index contributed by atoms with van der Waals surface area (Å²) in [5, 5.41) is 5.94. The number of rotatable bonds is 7. The van der Waals surface area contributed by atoms with Crippen LogP contribution < -0.4 is 10.6 Å². The van der Waals surface area contributed by atoms with Crippen LogP contribution in [0.2, 0.25) is 0 Å². The van der Waals surface area contributed by atoms with Gasteiger partial charge in [-0.15, -0.1) is 0 Å². The van der Waals surface area contributed by atoms with Gasteiger partial charge in [-0.25, -0.2) is 0 Å². The van der Waals surface area contributed by atoms with Gasteiger partial charge in [0.1, 0.15) is 0 Å². The minimum atomic E-state index is 0.0421. The van der Waals surface area contributed by atoms with Crippen molar-refractivity contribution in [1.29, 1.82) is 0 Å². The summed E-state index contributed by atoms with van der Waals surface area (Å²) in [5.41, 5.74) is 1.03. The highest BCUT2D eigenvalue weighted by Crippen LogP contribution is 2.04. The van der Waals surface area contributed by atoms with Gasteiger partial charge in [0.15, 0.2) is 0 Å². The Labute approximate surface area is 96.0 Å². The monoisotopic (exact) mass is 222 g/mol. The van der Waals surface area contributed by atoms with E-state index in [1.807, 2.05) is 30.3 Å². The van der Waals surface area contributed by atoms with E-state index in [1.54, 1.807) is 7.11 Å². The van der Waals surface area contributed by atoms with Crippen molar-refractivity contribution in [1.82, 2.24) is 5.32 Å². The van der Waals surface area contributed by atoms with E-state index in [9.17, 15) is 4.79 Å². The number of hydrogen-bond donors (Lipinski definition) is 2. The lowest BCUT2D eigenvalue weighted by atomic mass is 10.3. The average molecular weight is 222 g/mol. The first-order valence-corrected chi connectivity index (χ1v) is 5.37. The highest BCUT2D eigenvalue weighted by Gasteiger charge is 1.99. The fourth-order valence-electron chi connectivity index (χ4n) is 1.26. The van der Waals surface area contributed by atoms with Crippen LogP contribution in [0.4, 0.5) is 5.69 Å². The Kier molecular flexibility index (Phi) is 6.03. The molecule has 0 saturated heterocycles. The van der Waals surface area contributed by atoms with Gasteiger partial charge in [-0.1, -0.05) is 18.2 Å². The summed E-state index contributed by atoms with van der Waals surface area (Å²) in [5.74, 6) is 0.0421. The largest absolute Gasteiger partial charge is 0.385 e. The summed E-state index contributed by atoms with van der Waals surface area (Å²) in [6, 6.07) is 9.83. The fraction of sp³-hybridized carbons (Fsp3) is 0.417. The second kappa shape index (κ2) is 7.70. The van der Waals surface area contributed by atoms with Crippen LogP contribution in [0.15, 0.2) is 30.3 Å². The average Bonchev–Trinajstić information content (AvgIpc) is 2.31. The summed E-state index contributed by atoms with van der Waals surface area (Å²) in [4.78, 5) is 11.3. The third kappa shape index (κ3) is 5.36. The lowest BCUT2D eigenvalue weighted by Crippen LogP contribution is -2.28. The molecule has 0 fully saturated rings. The number of benzene rings is 1. The molecule has 4 heteroatoms. The Morgan fingerprint density at radius 1 is 1.25 bits per heavy atom. The molecule has 0 aliphatic rings. The van der Waals surface area contributed by atoms with E-state index in [2.05, 4.69) is 10.6 Å². The summed E-state index contributed by atoms with van der Waals surface area (Å²) >= 11 is 0. The van der Waals surface area contributed by atoms with Crippen LogP contribution in [0, 0.1) is 0 Å². The van der Waals surface area contributed by atoms with Gasteiger partial charge in [0.05, 0.1) is 6.61 Å². The summed E-state index contributed by atoms with van der Waals surface area (Å²) < 4.78 is 4.84. The van der Waals surface area contributed by atoms with E-state index in [0.29, 0.717) is 26.1 Å². The maximum atomic E-state index is 11.3. The minimum Gasteiger partial charge on any atom is -0.385 e. The molecule has 1 aromatic carbocycles. The maximum Gasteiger partial charge on any atom is 0.221 e. The van der Waals surface area contributed by atoms with E-state index in [0.717, 1.165) is 5.69 Å². The number of nitrogens with one attached hydrogen (secondary N) is 2. The number of ether oxygens (including phenoxy) is 1. The van der Waals surface area contributed by atoms with Gasteiger partial charge in [0, 0.05) is 32.3 Å². The molecule has 88 valence electrons. The molecule has 2 N–H and O–H groups in total. The van der Waals surface area contributed by atoms with Crippen molar-refractivity contribution >= 4 is 11.6 Å². The van der Waals surface area contributed by atoms with Gasteiger partial charge < -0.3 is 15.4 Å². The van der Waals surface area contributed by atoms with Crippen LogP contribution >= 0.6 is 0 Å². The summed E-state index contributed by atoms with van der Waals surface area (Å²) in [6.07, 6.45) is 0.471. The van der Waals surface area contributed by atoms with Crippen LogP contribution in [0.1, 0.15) is 6.42 Å². The van der Waals surface area contributed by atoms with Crippen molar-refractivity contribution in [3.8, 4) is 0 Å². The quantitative estimate of drug-likeness (QED) is 0.683. The molecule has 0 saturated carbocycles. The Balaban J connectivity index is 2.09. The lowest BCUT2D eigenvalue weighted by molar-refractivity contribution is -0.121. The Morgan fingerprint density at radius 3 is 2.69 bits per heavy atom. The number of methoxy groups -OCH3 is 1. The molecule has 0 bridgehead atoms. The molecule has 0 unspecified atom stereocenters. The zero-order chi connectivity index (χ0) is 11.6. The van der Waals surface area contributed by atoms with Gasteiger partial charge in [-0.2, -0.15) is 0 Å². The maximum absolute atomic E-state index is 11.3. The molecule has 0 aromatic heterocycles. The Bertz CT molecular complexity index is 301. The molecule has 0 spiro atoms. The van der Waals surface area contributed by atoms with Gasteiger partial charge in [-0.3, -0.25) is 4.79 Å². The Morgan fingerprint density at radius 2 is 2.00 bits per heavy atom. The van der Waals surface area contributed by atoms with Crippen molar-refractivity contribution in [2.24, 2.45) is 0 Å². The normalized spacial score (nSPS) is 9.81. The molecule has 0 aliphatic heterocycles. The zero-order valence-corrected chi connectivity index (χ0v) is 9.53. The third-order valence-electron chi connectivity index (χ3n) is 2.08. The predicted octanol–water partition coefficient (Wildman–Crippen LogP) is 1.25. The highest BCUT2D eigenvalue weighted by atomic mass is 16.5. The van der Waals surface area contributed by atoms with Crippen molar-refractivity contribution in [2.45, 2.75) is 6.42 Å². The molecule has 4 nitrogen and oxygen atoms in total. The third-order valence-corrected chi connectivity index (χ3v) is 2.08. The molecule has 1 aromatic rings. The summed E-state index contributed by atoms with van der Waals surface area (Å²) in [7, 11) is 1.61. The predicted molar refractivity (Wildman–Crippen MR) is 64.4 cm³/mol. The fourth-order valence-corrected chi connectivity index (χ4v) is 1.26. The highest BCUT2D eigenvalue weighted by molar-refractivity contribution is 5.76.